The Balaban J connectivity index is -0.000000351. The molecule has 0 aliphatic heterocycles. The van der Waals surface area contributed by atoms with Gasteiger partial charge in [-0.1, -0.05) is 252 Å². The number of hydrogen-bond donors (Lipinski definition) is 3. The first-order valence-corrected chi connectivity index (χ1v) is 24.0. The van der Waals surface area contributed by atoms with Gasteiger partial charge < -0.3 is 15.3 Å². The molecule has 0 heterocycles. The molecular weight excluding hydrogens is 817 g/mol. The predicted molar refractivity (Wildman–Crippen MR) is 234 cm³/mol. The maximum Gasteiger partial charge on any atom is 0.303 e. The van der Waals surface area contributed by atoms with Crippen LogP contribution in [-0.2, 0) is 14.4 Å². The van der Waals surface area contributed by atoms with Crippen molar-refractivity contribution in [1.82, 2.24) is 0 Å². The summed E-state index contributed by atoms with van der Waals surface area (Å²) in [5, 5.41) is 25.5. The fraction of sp³-hybridized carbons (Fsp3) is 0.938. The van der Waals surface area contributed by atoms with E-state index in [1.807, 2.05) is 0 Å². The summed E-state index contributed by atoms with van der Waals surface area (Å²) < 4.78 is 0. The standard InChI is InChI=1S/3C16H32O2.Nd/c3*1-2-3-4-5-6-7-8-9-10-11-12-13-14-15-16(17)18;/h3*2-15H2,1H3,(H,17,18);. The van der Waals surface area contributed by atoms with E-state index in [-0.39, 0.29) is 40.8 Å². The van der Waals surface area contributed by atoms with Crippen LogP contribution in [0.3, 0.4) is 0 Å². The van der Waals surface area contributed by atoms with E-state index in [0.717, 1.165) is 38.5 Å². The van der Waals surface area contributed by atoms with Crippen molar-refractivity contribution < 1.29 is 70.5 Å². The SMILES string of the molecule is CCCCCCCCCCCCCCCC(=O)O.CCCCCCCCCCCCCCCC(=O)O.CCCCCCCCCCCCCCCC(=O)O.[Nd]. The summed E-state index contributed by atoms with van der Waals surface area (Å²) in [6, 6.07) is 0. The molecule has 3 N–H and O–H groups in total. The first-order valence-electron chi connectivity index (χ1n) is 24.0. The van der Waals surface area contributed by atoms with Crippen molar-refractivity contribution in [3.63, 3.8) is 0 Å². The molecule has 0 amide bonds. The molecule has 0 aromatic rings. The van der Waals surface area contributed by atoms with Gasteiger partial charge in [-0.2, -0.15) is 0 Å². The van der Waals surface area contributed by atoms with Crippen LogP contribution in [0.5, 0.6) is 0 Å². The van der Waals surface area contributed by atoms with E-state index in [9.17, 15) is 14.4 Å². The van der Waals surface area contributed by atoms with E-state index in [2.05, 4.69) is 20.8 Å². The molecule has 0 bridgehead atoms. The topological polar surface area (TPSA) is 112 Å². The minimum Gasteiger partial charge on any atom is -0.481 e. The van der Waals surface area contributed by atoms with Crippen molar-refractivity contribution in [3.8, 4) is 0 Å². The predicted octanol–water partition coefficient (Wildman–Crippen LogP) is 16.7. The Morgan fingerprint density at radius 1 is 0.236 bits per heavy atom. The number of carbonyl (C=O) groups is 3. The second-order valence-electron chi connectivity index (χ2n) is 16.2. The maximum absolute atomic E-state index is 10.3. The monoisotopic (exact) mass is 911 g/mol. The van der Waals surface area contributed by atoms with Crippen molar-refractivity contribution >= 4 is 17.9 Å². The molecule has 0 aliphatic rings. The molecule has 7 heteroatoms. The number of rotatable bonds is 42. The third-order valence-corrected chi connectivity index (χ3v) is 10.5. The Morgan fingerprint density at radius 2 is 0.345 bits per heavy atom. The van der Waals surface area contributed by atoms with Gasteiger partial charge in [-0.15, -0.1) is 0 Å². The number of carboxylic acid groups (broad SMARTS) is 3. The van der Waals surface area contributed by atoms with Crippen LogP contribution in [0.2, 0.25) is 0 Å². The average molecular weight is 914 g/mol. The molecule has 0 saturated heterocycles. The molecule has 0 rings (SSSR count). The quantitative estimate of drug-likeness (QED) is 0.0526. The molecule has 0 fully saturated rings. The van der Waals surface area contributed by atoms with Crippen LogP contribution < -0.4 is 0 Å². The van der Waals surface area contributed by atoms with Crippen LogP contribution in [-0.4, -0.2) is 33.2 Å². The van der Waals surface area contributed by atoms with E-state index in [1.54, 1.807) is 0 Å². The maximum atomic E-state index is 10.3. The Morgan fingerprint density at radius 3 is 0.455 bits per heavy atom. The molecular formula is C48H96NdO6. The van der Waals surface area contributed by atoms with Crippen LogP contribution in [0.15, 0.2) is 0 Å². The normalized spacial score (nSPS) is 10.5. The fourth-order valence-electron chi connectivity index (χ4n) is 6.88. The summed E-state index contributed by atoms with van der Waals surface area (Å²) in [5.41, 5.74) is 0. The Bertz CT molecular complexity index is 636. The molecule has 0 atom stereocenters. The van der Waals surface area contributed by atoms with Gasteiger partial charge in [-0.25, -0.2) is 0 Å². The summed E-state index contributed by atoms with van der Waals surface area (Å²) >= 11 is 0. The molecule has 0 radical (unpaired) electrons. The molecule has 55 heavy (non-hydrogen) atoms. The number of aliphatic carboxylic acids is 3. The van der Waals surface area contributed by atoms with E-state index >= 15 is 0 Å². The molecule has 6 nitrogen and oxygen atoms in total. The van der Waals surface area contributed by atoms with Gasteiger partial charge in [-0.05, 0) is 19.3 Å². The second-order valence-corrected chi connectivity index (χ2v) is 16.2. The third-order valence-electron chi connectivity index (χ3n) is 10.5. The minimum atomic E-state index is -0.655. The van der Waals surface area contributed by atoms with E-state index in [0.29, 0.717) is 19.3 Å². The van der Waals surface area contributed by atoms with Crippen LogP contribution in [0.25, 0.3) is 0 Å². The van der Waals surface area contributed by atoms with Gasteiger partial charge in [0.15, 0.2) is 0 Å². The van der Waals surface area contributed by atoms with Gasteiger partial charge in [0.1, 0.15) is 0 Å². The van der Waals surface area contributed by atoms with Crippen molar-refractivity contribution in [2.24, 2.45) is 0 Å². The number of hydrogen-bond acceptors (Lipinski definition) is 3. The van der Waals surface area contributed by atoms with E-state index in [4.69, 9.17) is 15.3 Å². The fourth-order valence-corrected chi connectivity index (χ4v) is 6.88. The second kappa shape index (κ2) is 58.1. The van der Waals surface area contributed by atoms with Gasteiger partial charge in [0.05, 0.1) is 0 Å². The van der Waals surface area contributed by atoms with Crippen molar-refractivity contribution in [1.29, 1.82) is 0 Å². The Labute approximate surface area is 376 Å². The molecule has 0 aromatic carbocycles. The zero-order valence-electron chi connectivity index (χ0n) is 37.3. The molecule has 0 unspecified atom stereocenters. The van der Waals surface area contributed by atoms with E-state index in [1.165, 1.54) is 212 Å². The molecule has 0 spiro atoms. The van der Waals surface area contributed by atoms with Gasteiger partial charge in [-0.3, -0.25) is 14.4 Å². The third kappa shape index (κ3) is 71.9. The summed E-state index contributed by atoms with van der Waals surface area (Å²) in [5.74, 6) is -1.96. The Hall–Kier alpha value is -0.239. The van der Waals surface area contributed by atoms with Crippen molar-refractivity contribution in [2.75, 3.05) is 0 Å². The minimum absolute atomic E-state index is 0. The smallest absolute Gasteiger partial charge is 0.303 e. The van der Waals surface area contributed by atoms with Gasteiger partial charge >= 0.3 is 17.9 Å². The van der Waals surface area contributed by atoms with Crippen LogP contribution in [0.4, 0.5) is 0 Å². The van der Waals surface area contributed by atoms with Crippen LogP contribution >= 0.6 is 0 Å². The molecule has 0 saturated carbocycles. The molecule has 0 aliphatic carbocycles. The van der Waals surface area contributed by atoms with Gasteiger partial charge in [0.25, 0.3) is 0 Å². The average Bonchev–Trinajstić information content (AvgIpc) is 3.14. The first-order chi connectivity index (χ1) is 26.3. The largest absolute Gasteiger partial charge is 0.481 e. The summed E-state index contributed by atoms with van der Waals surface area (Å²) in [6.45, 7) is 6.78. The summed E-state index contributed by atoms with van der Waals surface area (Å²) in [7, 11) is 0. The summed E-state index contributed by atoms with van der Waals surface area (Å²) in [6.07, 6.45) is 51.8. The van der Waals surface area contributed by atoms with Crippen LogP contribution in [0, 0.1) is 40.8 Å². The molecule has 328 valence electrons. The Kier molecular flexibility index (Phi) is 64.9. The van der Waals surface area contributed by atoms with Gasteiger partial charge in [0, 0.05) is 60.1 Å². The first kappa shape index (κ1) is 61.4. The van der Waals surface area contributed by atoms with E-state index < -0.39 is 17.9 Å². The van der Waals surface area contributed by atoms with Gasteiger partial charge in [0.2, 0.25) is 0 Å². The zero-order valence-corrected chi connectivity index (χ0v) is 40.5. The zero-order chi connectivity index (χ0) is 40.4. The van der Waals surface area contributed by atoms with Crippen LogP contribution in [0.1, 0.15) is 290 Å². The van der Waals surface area contributed by atoms with Crippen molar-refractivity contribution in [2.45, 2.75) is 290 Å². The molecule has 0 aromatic heterocycles. The van der Waals surface area contributed by atoms with Crippen molar-refractivity contribution in [3.05, 3.63) is 0 Å². The summed E-state index contributed by atoms with van der Waals surface area (Å²) in [4.78, 5) is 30.9. The number of unbranched alkanes of at least 4 members (excludes halogenated alkanes) is 36. The number of carboxylic acids is 3.